The lowest BCUT2D eigenvalue weighted by atomic mass is 10.2. The number of hydrogen-bond acceptors (Lipinski definition) is 4. The van der Waals surface area contributed by atoms with Gasteiger partial charge in [0, 0.05) is 16.7 Å². The number of ether oxygens (including phenoxy) is 1. The van der Waals surface area contributed by atoms with Crippen molar-refractivity contribution >= 4 is 22.6 Å². The summed E-state index contributed by atoms with van der Waals surface area (Å²) in [5.74, 6) is 0. The van der Waals surface area contributed by atoms with Crippen molar-refractivity contribution in [3.8, 4) is 0 Å². The van der Waals surface area contributed by atoms with Crippen LogP contribution in [0.3, 0.4) is 0 Å². The number of nitrogens with one attached hydrogen (secondary N) is 1. The number of H-pyrrole nitrogens is 1. The Kier molecular flexibility index (Phi) is 3.17. The third-order valence-corrected chi connectivity index (χ3v) is 3.86. The van der Waals surface area contributed by atoms with Gasteiger partial charge < -0.3 is 10.5 Å². The molecule has 0 bridgehead atoms. The Morgan fingerprint density at radius 3 is 3.00 bits per heavy atom. The molecule has 0 amide bonds. The lowest BCUT2D eigenvalue weighted by Gasteiger charge is -2.22. The molecule has 7 heteroatoms. The van der Waals surface area contributed by atoms with Crippen molar-refractivity contribution < 1.29 is 4.74 Å². The standard InChI is InChI=1S/C9H12IN3O3/c10-5-9(11)3-1-7(16-9)13-4-2-6(14)12-8(13)15/h2,4,7H,1,3,5,11H2,(H,12,14,15)/t7?,9-/m0/s1. The van der Waals surface area contributed by atoms with Crippen LogP contribution < -0.4 is 17.0 Å². The molecule has 1 aliphatic rings. The number of aromatic amines is 1. The average Bonchev–Trinajstić information content (AvgIpc) is 2.62. The molecule has 3 N–H and O–H groups in total. The zero-order chi connectivity index (χ0) is 11.8. The molecular formula is C9H12IN3O3. The lowest BCUT2D eigenvalue weighted by Crippen LogP contribution is -2.42. The predicted octanol–water partition coefficient (Wildman–Crippen LogP) is -0.0644. The number of nitrogens with two attached hydrogens (primary N) is 1. The summed E-state index contributed by atoms with van der Waals surface area (Å²) in [6.07, 6.45) is 2.42. The molecule has 0 aromatic carbocycles. The number of hydrogen-bond donors (Lipinski definition) is 2. The van der Waals surface area contributed by atoms with E-state index in [0.29, 0.717) is 17.3 Å². The minimum absolute atomic E-state index is 0.385. The second kappa shape index (κ2) is 4.30. The fourth-order valence-electron chi connectivity index (χ4n) is 1.70. The highest BCUT2D eigenvalue weighted by molar-refractivity contribution is 14.1. The average molecular weight is 337 g/mol. The van der Waals surface area contributed by atoms with Crippen LogP contribution in [0.25, 0.3) is 0 Å². The molecule has 1 aromatic rings. The van der Waals surface area contributed by atoms with E-state index in [1.807, 2.05) is 0 Å². The second-order valence-electron chi connectivity index (χ2n) is 3.83. The Morgan fingerprint density at radius 1 is 1.69 bits per heavy atom. The maximum Gasteiger partial charge on any atom is 0.330 e. The molecule has 2 atom stereocenters. The van der Waals surface area contributed by atoms with Crippen molar-refractivity contribution in [3.05, 3.63) is 33.1 Å². The van der Waals surface area contributed by atoms with Crippen molar-refractivity contribution in [2.24, 2.45) is 5.73 Å². The summed E-state index contributed by atoms with van der Waals surface area (Å²) in [6.45, 7) is 0. The summed E-state index contributed by atoms with van der Waals surface area (Å²) in [5, 5.41) is 0. The van der Waals surface area contributed by atoms with Crippen LogP contribution in [0.5, 0.6) is 0 Å². The highest BCUT2D eigenvalue weighted by Gasteiger charge is 2.36. The van der Waals surface area contributed by atoms with Crippen LogP contribution >= 0.6 is 22.6 Å². The van der Waals surface area contributed by atoms with Crippen LogP contribution in [0.4, 0.5) is 0 Å². The normalized spacial score (nSPS) is 29.5. The smallest absolute Gasteiger partial charge is 0.330 e. The zero-order valence-electron chi connectivity index (χ0n) is 8.48. The van der Waals surface area contributed by atoms with Gasteiger partial charge in [0.2, 0.25) is 0 Å². The van der Waals surface area contributed by atoms with E-state index in [2.05, 4.69) is 27.6 Å². The quantitative estimate of drug-likeness (QED) is 0.584. The summed E-state index contributed by atoms with van der Waals surface area (Å²) < 4.78 is 7.65. The van der Waals surface area contributed by atoms with Gasteiger partial charge >= 0.3 is 5.69 Å². The fourth-order valence-corrected chi connectivity index (χ4v) is 2.27. The third-order valence-electron chi connectivity index (χ3n) is 2.57. The van der Waals surface area contributed by atoms with Gasteiger partial charge in [0.1, 0.15) is 12.0 Å². The molecule has 0 aliphatic carbocycles. The van der Waals surface area contributed by atoms with Crippen molar-refractivity contribution in [1.29, 1.82) is 0 Å². The summed E-state index contributed by atoms with van der Waals surface area (Å²) >= 11 is 2.15. The first kappa shape index (κ1) is 11.8. The summed E-state index contributed by atoms with van der Waals surface area (Å²) in [4.78, 5) is 24.6. The van der Waals surface area contributed by atoms with E-state index >= 15 is 0 Å². The molecule has 2 heterocycles. The first-order valence-corrected chi connectivity index (χ1v) is 6.41. The van der Waals surface area contributed by atoms with Gasteiger partial charge in [-0.25, -0.2) is 4.79 Å². The molecule has 88 valence electrons. The van der Waals surface area contributed by atoms with E-state index in [1.165, 1.54) is 16.8 Å². The predicted molar refractivity (Wildman–Crippen MR) is 66.5 cm³/mol. The number of rotatable bonds is 2. The molecule has 6 nitrogen and oxygen atoms in total. The minimum atomic E-state index is -0.666. The van der Waals surface area contributed by atoms with Crippen LogP contribution in [0, 0.1) is 0 Å². The Labute approximate surface area is 105 Å². The van der Waals surface area contributed by atoms with E-state index in [1.54, 1.807) is 0 Å². The van der Waals surface area contributed by atoms with Gasteiger partial charge in [0.15, 0.2) is 0 Å². The SMILES string of the molecule is N[C@@]1(CI)CCC(n2ccc(=O)[nH]c2=O)O1. The van der Waals surface area contributed by atoms with Crippen LogP contribution in [-0.2, 0) is 4.74 Å². The summed E-state index contributed by atoms with van der Waals surface area (Å²) in [7, 11) is 0. The largest absolute Gasteiger partial charge is 0.336 e. The molecule has 1 aromatic heterocycles. The monoisotopic (exact) mass is 337 g/mol. The molecule has 1 unspecified atom stereocenters. The molecule has 1 fully saturated rings. The lowest BCUT2D eigenvalue weighted by molar-refractivity contribution is -0.0544. The van der Waals surface area contributed by atoms with E-state index < -0.39 is 17.0 Å². The fraction of sp³-hybridized carbons (Fsp3) is 0.556. The topological polar surface area (TPSA) is 90.1 Å². The van der Waals surface area contributed by atoms with Crippen molar-refractivity contribution in [2.45, 2.75) is 24.8 Å². The van der Waals surface area contributed by atoms with Crippen LogP contribution in [0.1, 0.15) is 19.1 Å². The summed E-state index contributed by atoms with van der Waals surface area (Å²) in [6, 6.07) is 1.30. The van der Waals surface area contributed by atoms with Gasteiger partial charge in [0.05, 0.1) is 0 Å². The zero-order valence-corrected chi connectivity index (χ0v) is 10.6. The van der Waals surface area contributed by atoms with E-state index in [0.717, 1.165) is 0 Å². The summed E-state index contributed by atoms with van der Waals surface area (Å²) in [5.41, 5.74) is 4.41. The number of nitrogens with zero attached hydrogens (tertiary/aromatic N) is 1. The van der Waals surface area contributed by atoms with Crippen LogP contribution in [-0.4, -0.2) is 19.7 Å². The van der Waals surface area contributed by atoms with E-state index in [-0.39, 0.29) is 6.23 Å². The molecule has 1 aliphatic heterocycles. The van der Waals surface area contributed by atoms with Gasteiger partial charge in [-0.05, 0) is 12.8 Å². The third kappa shape index (κ3) is 2.20. The van der Waals surface area contributed by atoms with Crippen molar-refractivity contribution in [3.63, 3.8) is 0 Å². The van der Waals surface area contributed by atoms with Crippen LogP contribution in [0.2, 0.25) is 0 Å². The molecular weight excluding hydrogens is 325 g/mol. The minimum Gasteiger partial charge on any atom is -0.336 e. The van der Waals surface area contributed by atoms with Gasteiger partial charge in [0.25, 0.3) is 5.56 Å². The molecule has 0 radical (unpaired) electrons. The number of alkyl halides is 1. The highest BCUT2D eigenvalue weighted by atomic mass is 127. The van der Waals surface area contributed by atoms with Gasteiger partial charge in [-0.15, -0.1) is 0 Å². The van der Waals surface area contributed by atoms with Crippen molar-refractivity contribution in [1.82, 2.24) is 9.55 Å². The van der Waals surface area contributed by atoms with Gasteiger partial charge in [-0.2, -0.15) is 0 Å². The Bertz CT molecular complexity index is 497. The van der Waals surface area contributed by atoms with Crippen LogP contribution in [0.15, 0.2) is 21.9 Å². The molecule has 2 rings (SSSR count). The van der Waals surface area contributed by atoms with Gasteiger partial charge in [-0.3, -0.25) is 14.3 Å². The Balaban J connectivity index is 2.27. The first-order chi connectivity index (χ1) is 7.54. The highest BCUT2D eigenvalue weighted by Crippen LogP contribution is 2.33. The molecule has 0 saturated carbocycles. The maximum atomic E-state index is 11.5. The molecule has 0 spiro atoms. The second-order valence-corrected chi connectivity index (χ2v) is 4.59. The van der Waals surface area contributed by atoms with Crippen molar-refractivity contribution in [2.75, 3.05) is 4.43 Å². The number of aromatic nitrogens is 2. The Morgan fingerprint density at radius 2 is 2.44 bits per heavy atom. The van der Waals surface area contributed by atoms with E-state index in [9.17, 15) is 9.59 Å². The molecule has 1 saturated heterocycles. The van der Waals surface area contributed by atoms with Gasteiger partial charge in [-0.1, -0.05) is 22.6 Å². The first-order valence-electron chi connectivity index (χ1n) is 4.88. The Hall–Kier alpha value is -0.670. The van der Waals surface area contributed by atoms with E-state index in [4.69, 9.17) is 10.5 Å². The maximum absolute atomic E-state index is 11.5. The number of halogens is 1. The molecule has 16 heavy (non-hydrogen) atoms.